The van der Waals surface area contributed by atoms with Crippen molar-refractivity contribution < 1.29 is 9.59 Å². The van der Waals surface area contributed by atoms with Crippen molar-refractivity contribution in [3.05, 3.63) is 29.8 Å². The first-order valence-electron chi connectivity index (χ1n) is 6.00. The van der Waals surface area contributed by atoms with Crippen molar-refractivity contribution in [1.82, 2.24) is 10.6 Å². The molecule has 1 aliphatic rings. The van der Waals surface area contributed by atoms with Crippen molar-refractivity contribution in [3.8, 4) is 0 Å². The number of para-hydroxylation sites is 1. The number of nitrogens with zero attached hydrogens (tertiary/aromatic N) is 1. The van der Waals surface area contributed by atoms with E-state index in [9.17, 15) is 9.59 Å². The Labute approximate surface area is 106 Å². The lowest BCUT2D eigenvalue weighted by molar-refractivity contribution is -0.120. The maximum Gasteiger partial charge on any atom is 0.321 e. The van der Waals surface area contributed by atoms with E-state index in [-0.39, 0.29) is 11.9 Å². The van der Waals surface area contributed by atoms with E-state index >= 15 is 0 Å². The van der Waals surface area contributed by atoms with Crippen LogP contribution in [0.3, 0.4) is 0 Å². The van der Waals surface area contributed by atoms with E-state index in [1.54, 1.807) is 6.92 Å². The molecule has 1 atom stereocenters. The Morgan fingerprint density at radius 1 is 1.33 bits per heavy atom. The first-order valence-corrected chi connectivity index (χ1v) is 6.00. The summed E-state index contributed by atoms with van der Waals surface area (Å²) >= 11 is 0. The number of benzene rings is 1. The van der Waals surface area contributed by atoms with Crippen LogP contribution in [0, 0.1) is 0 Å². The van der Waals surface area contributed by atoms with Gasteiger partial charge in [0.15, 0.2) is 0 Å². The van der Waals surface area contributed by atoms with Crippen LogP contribution < -0.4 is 15.5 Å². The highest BCUT2D eigenvalue weighted by Gasteiger charge is 2.27. The van der Waals surface area contributed by atoms with Gasteiger partial charge in [-0.2, -0.15) is 0 Å². The van der Waals surface area contributed by atoms with E-state index in [2.05, 4.69) is 16.7 Å². The molecule has 96 valence electrons. The lowest BCUT2D eigenvalue weighted by atomic mass is 10.2. The van der Waals surface area contributed by atoms with Crippen molar-refractivity contribution in [3.63, 3.8) is 0 Å². The molecule has 0 bridgehead atoms. The van der Waals surface area contributed by atoms with Crippen LogP contribution in [0.15, 0.2) is 24.3 Å². The van der Waals surface area contributed by atoms with Gasteiger partial charge in [-0.05, 0) is 25.0 Å². The van der Waals surface area contributed by atoms with Gasteiger partial charge in [0.25, 0.3) is 0 Å². The third-order valence-corrected chi connectivity index (χ3v) is 3.23. The quantitative estimate of drug-likeness (QED) is 0.816. The molecule has 0 unspecified atom stereocenters. The van der Waals surface area contributed by atoms with E-state index in [1.807, 2.05) is 23.1 Å². The van der Waals surface area contributed by atoms with Gasteiger partial charge in [-0.25, -0.2) is 4.79 Å². The summed E-state index contributed by atoms with van der Waals surface area (Å²) in [5.41, 5.74) is 2.33. The lowest BCUT2D eigenvalue weighted by Gasteiger charge is -2.25. The second-order valence-electron chi connectivity index (χ2n) is 4.32. The Kier molecular flexibility index (Phi) is 3.50. The Hall–Kier alpha value is -2.04. The Bertz CT molecular complexity index is 473. The Morgan fingerprint density at radius 3 is 2.78 bits per heavy atom. The van der Waals surface area contributed by atoms with Crippen LogP contribution in [0.2, 0.25) is 0 Å². The van der Waals surface area contributed by atoms with Crippen LogP contribution >= 0.6 is 0 Å². The first-order chi connectivity index (χ1) is 8.63. The predicted octanol–water partition coefficient (Wildman–Crippen LogP) is 0.893. The normalized spacial score (nSPS) is 14.9. The molecule has 5 heteroatoms. The Morgan fingerprint density at radius 2 is 2.06 bits per heavy atom. The second-order valence-corrected chi connectivity index (χ2v) is 4.32. The van der Waals surface area contributed by atoms with Gasteiger partial charge in [-0.3, -0.25) is 10.1 Å². The van der Waals surface area contributed by atoms with E-state index in [1.165, 1.54) is 12.6 Å². The molecular weight excluding hydrogens is 230 g/mol. The predicted molar refractivity (Wildman–Crippen MR) is 69.6 cm³/mol. The maximum absolute atomic E-state index is 11.9. The van der Waals surface area contributed by atoms with Crippen LogP contribution in [-0.4, -0.2) is 31.6 Å². The molecule has 2 N–H and O–H groups in total. The molecule has 18 heavy (non-hydrogen) atoms. The minimum atomic E-state index is -0.473. The zero-order valence-corrected chi connectivity index (χ0v) is 10.6. The number of hydrogen-bond donors (Lipinski definition) is 2. The number of fused-ring (bicyclic) bond motifs is 1. The van der Waals surface area contributed by atoms with Crippen LogP contribution in [0.25, 0.3) is 0 Å². The molecule has 2 rings (SSSR count). The van der Waals surface area contributed by atoms with E-state index in [0.717, 1.165) is 18.7 Å². The van der Waals surface area contributed by atoms with E-state index < -0.39 is 6.03 Å². The second kappa shape index (κ2) is 5.08. The number of urea groups is 1. The minimum Gasteiger partial charge on any atom is -0.359 e. The highest BCUT2D eigenvalue weighted by atomic mass is 16.2. The largest absolute Gasteiger partial charge is 0.359 e. The summed E-state index contributed by atoms with van der Waals surface area (Å²) in [6.07, 6.45) is 0.938. The summed E-state index contributed by atoms with van der Waals surface area (Å²) in [4.78, 5) is 25.0. The molecule has 5 nitrogen and oxygen atoms in total. The lowest BCUT2D eigenvalue weighted by Crippen LogP contribution is -2.48. The fourth-order valence-electron chi connectivity index (χ4n) is 2.19. The number of hydrogen-bond acceptors (Lipinski definition) is 3. The molecule has 0 radical (unpaired) electrons. The first kappa shape index (κ1) is 12.4. The molecule has 0 fully saturated rings. The maximum atomic E-state index is 11.9. The molecule has 1 aromatic carbocycles. The number of anilines is 1. The summed E-state index contributed by atoms with van der Waals surface area (Å²) in [6.45, 7) is 2.61. The van der Waals surface area contributed by atoms with Crippen molar-refractivity contribution in [2.24, 2.45) is 0 Å². The average molecular weight is 247 g/mol. The molecule has 1 aliphatic heterocycles. The molecule has 0 saturated carbocycles. The third kappa shape index (κ3) is 2.30. The van der Waals surface area contributed by atoms with Crippen molar-refractivity contribution >= 4 is 17.6 Å². The zero-order chi connectivity index (χ0) is 13.1. The van der Waals surface area contributed by atoms with Gasteiger partial charge in [0, 0.05) is 19.3 Å². The van der Waals surface area contributed by atoms with Gasteiger partial charge >= 0.3 is 6.03 Å². The van der Waals surface area contributed by atoms with Crippen LogP contribution in [0.4, 0.5) is 10.5 Å². The molecule has 1 heterocycles. The monoisotopic (exact) mass is 247 g/mol. The van der Waals surface area contributed by atoms with Crippen molar-refractivity contribution in [1.29, 1.82) is 0 Å². The average Bonchev–Trinajstić information content (AvgIpc) is 2.81. The number of carbonyl (C=O) groups excluding carboxylic acids is 2. The van der Waals surface area contributed by atoms with Crippen LogP contribution in [-0.2, 0) is 11.2 Å². The van der Waals surface area contributed by atoms with E-state index in [4.69, 9.17) is 0 Å². The van der Waals surface area contributed by atoms with Crippen molar-refractivity contribution in [2.45, 2.75) is 19.4 Å². The number of carbonyl (C=O) groups is 2. The number of nitrogens with one attached hydrogen (secondary N) is 2. The Balaban J connectivity index is 2.09. The smallest absolute Gasteiger partial charge is 0.321 e. The van der Waals surface area contributed by atoms with Gasteiger partial charge in [-0.15, -0.1) is 0 Å². The van der Waals surface area contributed by atoms with Gasteiger partial charge in [0.2, 0.25) is 5.91 Å². The molecule has 1 aromatic rings. The summed E-state index contributed by atoms with van der Waals surface area (Å²) in [6, 6.07) is 7.20. The summed E-state index contributed by atoms with van der Waals surface area (Å²) in [5.74, 6) is -0.286. The molecular formula is C13H17N3O2. The molecule has 0 spiro atoms. The highest BCUT2D eigenvalue weighted by Crippen LogP contribution is 2.29. The zero-order valence-electron chi connectivity index (χ0n) is 10.6. The van der Waals surface area contributed by atoms with Gasteiger partial charge < -0.3 is 10.2 Å². The highest BCUT2D eigenvalue weighted by molar-refractivity contribution is 5.98. The standard InChI is InChI=1S/C13H17N3O2/c1-9(12(17)15-13(18)14-2)16-8-7-10-5-3-4-6-11(10)16/h3-6,9H,7-8H2,1-2H3,(H2,14,15,17,18)/t9-/m1/s1. The SMILES string of the molecule is CNC(=O)NC(=O)[C@@H](C)N1CCc2ccccc21. The van der Waals surface area contributed by atoms with Crippen LogP contribution in [0.5, 0.6) is 0 Å². The van der Waals surface area contributed by atoms with Gasteiger partial charge in [0.1, 0.15) is 6.04 Å². The minimum absolute atomic E-state index is 0.286. The summed E-state index contributed by atoms with van der Waals surface area (Å²) in [5, 5.41) is 4.68. The number of amides is 3. The molecule has 0 saturated heterocycles. The molecule has 3 amide bonds. The molecule has 0 aliphatic carbocycles. The summed E-state index contributed by atoms with van der Waals surface area (Å²) in [7, 11) is 1.48. The van der Waals surface area contributed by atoms with Crippen LogP contribution in [0.1, 0.15) is 12.5 Å². The fourth-order valence-corrected chi connectivity index (χ4v) is 2.19. The topological polar surface area (TPSA) is 61.4 Å². The summed E-state index contributed by atoms with van der Waals surface area (Å²) < 4.78 is 0. The van der Waals surface area contributed by atoms with E-state index in [0.29, 0.717) is 0 Å². The van der Waals surface area contributed by atoms with Crippen molar-refractivity contribution in [2.75, 3.05) is 18.5 Å². The molecule has 0 aromatic heterocycles. The van der Waals surface area contributed by atoms with Gasteiger partial charge in [0.05, 0.1) is 0 Å². The number of imide groups is 1. The van der Waals surface area contributed by atoms with Gasteiger partial charge in [-0.1, -0.05) is 18.2 Å². The third-order valence-electron chi connectivity index (χ3n) is 3.23. The number of rotatable bonds is 2. The fraction of sp³-hybridized carbons (Fsp3) is 0.385.